The zero-order valence-corrected chi connectivity index (χ0v) is 8.88. The van der Waals surface area contributed by atoms with Crippen molar-refractivity contribution in [3.63, 3.8) is 0 Å². The molecule has 1 atom stereocenters. The molecule has 0 saturated carbocycles. The molecule has 0 amide bonds. The van der Waals surface area contributed by atoms with Crippen molar-refractivity contribution >= 4 is 5.78 Å². The Bertz CT molecular complexity index is 161. The quantitative estimate of drug-likeness (QED) is 0.568. The lowest BCUT2D eigenvalue weighted by molar-refractivity contribution is -0.132. The van der Waals surface area contributed by atoms with Crippen molar-refractivity contribution in [3.05, 3.63) is 12.7 Å². The van der Waals surface area contributed by atoms with Crippen molar-refractivity contribution in [3.8, 4) is 0 Å². The lowest BCUT2D eigenvalue weighted by Gasteiger charge is -2.18. The summed E-state index contributed by atoms with van der Waals surface area (Å²) in [6, 6.07) is 0. The first-order valence-corrected chi connectivity index (χ1v) is 4.88. The normalized spacial score (nSPS) is 12.9. The molecule has 0 aliphatic heterocycles. The summed E-state index contributed by atoms with van der Waals surface area (Å²) in [4.78, 5) is 11.6. The van der Waals surface area contributed by atoms with Crippen LogP contribution in [0.2, 0.25) is 0 Å². The van der Waals surface area contributed by atoms with Crippen LogP contribution in [0.4, 0.5) is 0 Å². The van der Waals surface area contributed by atoms with Crippen LogP contribution in [-0.2, 0) is 9.53 Å². The van der Waals surface area contributed by atoms with Gasteiger partial charge in [0.05, 0.1) is 0 Å². The molecule has 0 aromatic carbocycles. The van der Waals surface area contributed by atoms with Crippen LogP contribution < -0.4 is 0 Å². The van der Waals surface area contributed by atoms with Gasteiger partial charge in [-0.15, -0.1) is 6.58 Å². The summed E-state index contributed by atoms with van der Waals surface area (Å²) in [6.07, 6.45) is 2.83. The fraction of sp³-hybridized carbons (Fsp3) is 0.727. The van der Waals surface area contributed by atoms with E-state index in [1.807, 2.05) is 20.8 Å². The predicted octanol–water partition coefficient (Wildman–Crippen LogP) is 2.58. The van der Waals surface area contributed by atoms with E-state index >= 15 is 0 Å². The van der Waals surface area contributed by atoms with Crippen molar-refractivity contribution < 1.29 is 9.53 Å². The Morgan fingerprint density at radius 1 is 1.54 bits per heavy atom. The van der Waals surface area contributed by atoms with Crippen molar-refractivity contribution in [1.29, 1.82) is 0 Å². The average molecular weight is 184 g/mol. The van der Waals surface area contributed by atoms with Crippen LogP contribution in [-0.4, -0.2) is 18.5 Å². The van der Waals surface area contributed by atoms with Crippen molar-refractivity contribution in [2.45, 2.75) is 39.7 Å². The third-order valence-electron chi connectivity index (χ3n) is 1.86. The summed E-state index contributed by atoms with van der Waals surface area (Å²) in [6.45, 7) is 10.1. The molecule has 13 heavy (non-hydrogen) atoms. The molecule has 0 aliphatic rings. The number of ketones is 1. The minimum Gasteiger partial charge on any atom is -0.370 e. The van der Waals surface area contributed by atoms with Crippen LogP contribution >= 0.6 is 0 Å². The SMILES string of the molecule is C=CCCC(=O)C(OCC)C(C)C. The van der Waals surface area contributed by atoms with Crippen LogP contribution in [0, 0.1) is 5.92 Å². The summed E-state index contributed by atoms with van der Waals surface area (Å²) >= 11 is 0. The molecule has 0 heterocycles. The summed E-state index contributed by atoms with van der Waals surface area (Å²) < 4.78 is 5.38. The Balaban J connectivity index is 4.03. The van der Waals surface area contributed by atoms with E-state index in [4.69, 9.17) is 4.74 Å². The third kappa shape index (κ3) is 4.83. The monoisotopic (exact) mass is 184 g/mol. The van der Waals surface area contributed by atoms with Crippen LogP contribution in [0.5, 0.6) is 0 Å². The highest BCUT2D eigenvalue weighted by atomic mass is 16.5. The molecule has 0 aromatic rings. The lowest BCUT2D eigenvalue weighted by Crippen LogP contribution is -2.29. The Labute approximate surface area is 81.0 Å². The van der Waals surface area contributed by atoms with Crippen LogP contribution in [0.3, 0.4) is 0 Å². The Morgan fingerprint density at radius 3 is 2.54 bits per heavy atom. The molecule has 2 nitrogen and oxygen atoms in total. The van der Waals surface area contributed by atoms with Crippen molar-refractivity contribution in [2.75, 3.05) is 6.61 Å². The summed E-state index contributed by atoms with van der Waals surface area (Å²) in [5.74, 6) is 0.453. The molecule has 0 bridgehead atoms. The number of ether oxygens (including phenoxy) is 1. The number of carbonyl (C=O) groups excluding carboxylic acids is 1. The van der Waals surface area contributed by atoms with E-state index in [1.165, 1.54) is 0 Å². The second-order valence-electron chi connectivity index (χ2n) is 3.41. The van der Waals surface area contributed by atoms with Crippen LogP contribution in [0.15, 0.2) is 12.7 Å². The largest absolute Gasteiger partial charge is 0.370 e. The van der Waals surface area contributed by atoms with Crippen molar-refractivity contribution in [2.24, 2.45) is 5.92 Å². The number of allylic oxidation sites excluding steroid dienone is 1. The highest BCUT2D eigenvalue weighted by Crippen LogP contribution is 2.10. The molecular weight excluding hydrogens is 164 g/mol. The van der Waals surface area contributed by atoms with E-state index in [9.17, 15) is 4.79 Å². The number of carbonyl (C=O) groups is 1. The van der Waals surface area contributed by atoms with E-state index in [0.717, 1.165) is 6.42 Å². The summed E-state index contributed by atoms with van der Waals surface area (Å²) in [7, 11) is 0. The fourth-order valence-electron chi connectivity index (χ4n) is 1.22. The highest BCUT2D eigenvalue weighted by molar-refractivity contribution is 5.83. The van der Waals surface area contributed by atoms with Gasteiger partial charge in [-0.1, -0.05) is 19.9 Å². The lowest BCUT2D eigenvalue weighted by atomic mass is 10.00. The molecule has 1 unspecified atom stereocenters. The summed E-state index contributed by atoms with van der Waals surface area (Å²) in [5.41, 5.74) is 0. The Morgan fingerprint density at radius 2 is 2.15 bits per heavy atom. The molecule has 0 radical (unpaired) electrons. The van der Waals surface area contributed by atoms with Gasteiger partial charge in [-0.2, -0.15) is 0 Å². The highest BCUT2D eigenvalue weighted by Gasteiger charge is 2.20. The molecule has 0 rings (SSSR count). The van der Waals surface area contributed by atoms with Gasteiger partial charge in [-0.3, -0.25) is 4.79 Å². The maximum atomic E-state index is 11.6. The van der Waals surface area contributed by atoms with Gasteiger partial charge in [0.15, 0.2) is 5.78 Å². The molecule has 0 fully saturated rings. The minimum atomic E-state index is -0.232. The van der Waals surface area contributed by atoms with Gasteiger partial charge in [0.25, 0.3) is 0 Å². The molecular formula is C11H20O2. The smallest absolute Gasteiger partial charge is 0.162 e. The topological polar surface area (TPSA) is 26.3 Å². The molecule has 76 valence electrons. The van der Waals surface area contributed by atoms with Gasteiger partial charge in [0.2, 0.25) is 0 Å². The zero-order chi connectivity index (χ0) is 10.3. The predicted molar refractivity (Wildman–Crippen MR) is 54.7 cm³/mol. The Hall–Kier alpha value is -0.630. The number of hydrogen-bond acceptors (Lipinski definition) is 2. The maximum Gasteiger partial charge on any atom is 0.162 e. The van der Waals surface area contributed by atoms with Gasteiger partial charge < -0.3 is 4.74 Å². The molecule has 0 aromatic heterocycles. The molecule has 0 spiro atoms. The summed E-state index contributed by atoms with van der Waals surface area (Å²) in [5, 5.41) is 0. The first kappa shape index (κ1) is 12.4. The van der Waals surface area contributed by atoms with Crippen LogP contribution in [0.25, 0.3) is 0 Å². The minimum absolute atomic E-state index is 0.191. The first-order valence-electron chi connectivity index (χ1n) is 4.88. The van der Waals surface area contributed by atoms with Crippen molar-refractivity contribution in [1.82, 2.24) is 0 Å². The maximum absolute atomic E-state index is 11.6. The Kier molecular flexibility index (Phi) is 6.51. The molecule has 2 heteroatoms. The van der Waals surface area contributed by atoms with Gasteiger partial charge in [0, 0.05) is 13.0 Å². The van der Waals surface area contributed by atoms with E-state index in [1.54, 1.807) is 6.08 Å². The second-order valence-corrected chi connectivity index (χ2v) is 3.41. The molecule has 0 saturated heterocycles. The van der Waals surface area contributed by atoms with Crippen LogP contribution in [0.1, 0.15) is 33.6 Å². The molecule has 0 N–H and O–H groups in total. The van der Waals surface area contributed by atoms with Gasteiger partial charge in [-0.05, 0) is 19.3 Å². The zero-order valence-electron chi connectivity index (χ0n) is 8.88. The fourth-order valence-corrected chi connectivity index (χ4v) is 1.22. The van der Waals surface area contributed by atoms with Gasteiger partial charge in [-0.25, -0.2) is 0 Å². The first-order chi connectivity index (χ1) is 6.13. The molecule has 0 aliphatic carbocycles. The number of hydrogen-bond donors (Lipinski definition) is 0. The second kappa shape index (κ2) is 6.84. The number of Topliss-reactive ketones (excluding diaryl/α,β-unsaturated/α-hetero) is 1. The van der Waals surface area contributed by atoms with E-state index in [2.05, 4.69) is 6.58 Å². The van der Waals surface area contributed by atoms with E-state index in [-0.39, 0.29) is 17.8 Å². The van der Waals surface area contributed by atoms with Gasteiger partial charge >= 0.3 is 0 Å². The standard InChI is InChI=1S/C11H20O2/c1-5-7-8-10(12)11(9(3)4)13-6-2/h5,9,11H,1,6-8H2,2-4H3. The van der Waals surface area contributed by atoms with Gasteiger partial charge in [0.1, 0.15) is 6.10 Å². The van der Waals surface area contributed by atoms with E-state index in [0.29, 0.717) is 13.0 Å². The number of rotatable bonds is 7. The average Bonchev–Trinajstić information content (AvgIpc) is 2.09. The third-order valence-corrected chi connectivity index (χ3v) is 1.86. The van der Waals surface area contributed by atoms with E-state index < -0.39 is 0 Å².